The van der Waals surface area contributed by atoms with Gasteiger partial charge in [0.2, 0.25) is 5.91 Å². The van der Waals surface area contributed by atoms with E-state index in [2.05, 4.69) is 10.3 Å². The Kier molecular flexibility index (Phi) is 4.05. The Bertz CT molecular complexity index is 670. The maximum Gasteiger partial charge on any atom is 0.270 e. The lowest BCUT2D eigenvalue weighted by molar-refractivity contribution is -0.120. The minimum Gasteiger partial charge on any atom is -0.370 e. The van der Waals surface area contributed by atoms with E-state index < -0.39 is 17.9 Å². The number of carbonyl (C=O) groups excluding carboxylic acids is 3. The van der Waals surface area contributed by atoms with Crippen molar-refractivity contribution < 1.29 is 14.4 Å². The number of primary amides is 1. The van der Waals surface area contributed by atoms with E-state index in [9.17, 15) is 14.4 Å². The number of nitrogens with two attached hydrogens (primary N) is 1. The molecule has 2 aromatic rings. The van der Waals surface area contributed by atoms with Gasteiger partial charge in [0.05, 0.1) is 18.0 Å². The van der Waals surface area contributed by atoms with E-state index in [1.165, 1.54) is 0 Å². The topological polar surface area (TPSA) is 102 Å². The van der Waals surface area contributed by atoms with E-state index in [4.69, 9.17) is 5.73 Å². The van der Waals surface area contributed by atoms with Crippen molar-refractivity contribution >= 4 is 29.0 Å². The highest BCUT2D eigenvalue weighted by atomic mass is 16.2. The first-order chi connectivity index (χ1) is 9.60. The molecule has 0 saturated carbocycles. The van der Waals surface area contributed by atoms with E-state index in [1.54, 1.807) is 18.2 Å². The molecule has 1 heterocycles. The molecule has 102 valence electrons. The third-order valence-corrected chi connectivity index (χ3v) is 2.73. The van der Waals surface area contributed by atoms with Gasteiger partial charge in [0.25, 0.3) is 5.91 Å². The Hall–Kier alpha value is -2.76. The van der Waals surface area contributed by atoms with Crippen LogP contribution < -0.4 is 11.1 Å². The summed E-state index contributed by atoms with van der Waals surface area (Å²) in [5.41, 5.74) is 5.85. The quantitative estimate of drug-likeness (QED) is 0.769. The van der Waals surface area contributed by atoms with Gasteiger partial charge in [-0.25, -0.2) is 4.98 Å². The number of para-hydroxylation sites is 1. The van der Waals surface area contributed by atoms with E-state index in [0.29, 0.717) is 11.8 Å². The van der Waals surface area contributed by atoms with Crippen molar-refractivity contribution in [3.63, 3.8) is 0 Å². The second-order valence-corrected chi connectivity index (χ2v) is 4.28. The maximum atomic E-state index is 12.0. The predicted molar refractivity (Wildman–Crippen MR) is 72.9 cm³/mol. The van der Waals surface area contributed by atoms with Gasteiger partial charge >= 0.3 is 0 Å². The molecule has 1 aromatic carbocycles. The summed E-state index contributed by atoms with van der Waals surface area (Å²) >= 11 is 0. The van der Waals surface area contributed by atoms with Crippen LogP contribution in [0.2, 0.25) is 0 Å². The monoisotopic (exact) mass is 271 g/mol. The van der Waals surface area contributed by atoms with Crippen LogP contribution in [0.5, 0.6) is 0 Å². The number of benzene rings is 1. The molecule has 3 N–H and O–H groups in total. The van der Waals surface area contributed by atoms with Crippen molar-refractivity contribution in [3.05, 3.63) is 42.1 Å². The van der Waals surface area contributed by atoms with Crippen molar-refractivity contribution in [3.8, 4) is 0 Å². The summed E-state index contributed by atoms with van der Waals surface area (Å²) in [6.45, 7) is 0. The Morgan fingerprint density at radius 3 is 2.70 bits per heavy atom. The number of nitrogens with one attached hydrogen (secondary N) is 1. The van der Waals surface area contributed by atoms with Crippen LogP contribution in [-0.4, -0.2) is 29.1 Å². The highest BCUT2D eigenvalue weighted by Gasteiger charge is 2.16. The molecule has 0 aliphatic heterocycles. The largest absolute Gasteiger partial charge is 0.370 e. The zero-order valence-corrected chi connectivity index (χ0v) is 10.6. The molecule has 2 rings (SSSR count). The normalized spacial score (nSPS) is 11.8. The second-order valence-electron chi connectivity index (χ2n) is 4.28. The van der Waals surface area contributed by atoms with Crippen LogP contribution in [0.4, 0.5) is 0 Å². The maximum absolute atomic E-state index is 12.0. The number of aldehydes is 1. The van der Waals surface area contributed by atoms with Gasteiger partial charge in [-0.2, -0.15) is 0 Å². The lowest BCUT2D eigenvalue weighted by Crippen LogP contribution is -2.39. The molecule has 0 saturated heterocycles. The SMILES string of the molecule is NC(=O)C[C@@H](C=O)NC(=O)c1ccc2ccccc2n1. The average Bonchev–Trinajstić information content (AvgIpc) is 2.45. The Morgan fingerprint density at radius 1 is 1.25 bits per heavy atom. The molecule has 0 radical (unpaired) electrons. The minimum absolute atomic E-state index is 0.181. The van der Waals surface area contributed by atoms with Gasteiger partial charge in [-0.05, 0) is 12.1 Å². The molecular formula is C14H13N3O3. The van der Waals surface area contributed by atoms with Gasteiger partial charge in [0.1, 0.15) is 12.0 Å². The molecule has 0 aliphatic rings. The number of aromatic nitrogens is 1. The summed E-state index contributed by atoms with van der Waals surface area (Å²) in [6, 6.07) is 9.74. The van der Waals surface area contributed by atoms with E-state index in [1.807, 2.05) is 18.2 Å². The predicted octanol–water partition coefficient (Wildman–Crippen LogP) is 0.407. The van der Waals surface area contributed by atoms with Gasteiger partial charge in [-0.1, -0.05) is 24.3 Å². The van der Waals surface area contributed by atoms with Crippen molar-refractivity contribution in [2.24, 2.45) is 5.73 Å². The lowest BCUT2D eigenvalue weighted by atomic mass is 10.2. The standard InChI is InChI=1S/C14H13N3O3/c15-13(19)7-10(8-18)16-14(20)12-6-5-9-3-1-2-4-11(9)17-12/h1-6,8,10H,7H2,(H2,15,19)(H,16,20)/t10-/m0/s1. The molecule has 6 heteroatoms. The fourth-order valence-corrected chi connectivity index (χ4v) is 1.78. The van der Waals surface area contributed by atoms with E-state index >= 15 is 0 Å². The van der Waals surface area contributed by atoms with Crippen molar-refractivity contribution in [1.29, 1.82) is 0 Å². The summed E-state index contributed by atoms with van der Waals surface area (Å²) < 4.78 is 0. The fraction of sp³-hybridized carbons (Fsp3) is 0.143. The molecule has 20 heavy (non-hydrogen) atoms. The van der Waals surface area contributed by atoms with Crippen LogP contribution in [0, 0.1) is 0 Å². The number of fused-ring (bicyclic) bond motifs is 1. The third kappa shape index (κ3) is 3.17. The van der Waals surface area contributed by atoms with Crippen LogP contribution in [0.3, 0.4) is 0 Å². The summed E-state index contributed by atoms with van der Waals surface area (Å²) in [6.07, 6.45) is 0.243. The number of nitrogens with zero attached hydrogens (tertiary/aromatic N) is 1. The molecule has 0 unspecified atom stereocenters. The number of pyridine rings is 1. The molecule has 1 atom stereocenters. The Morgan fingerprint density at radius 2 is 2.00 bits per heavy atom. The number of hydrogen-bond acceptors (Lipinski definition) is 4. The molecular weight excluding hydrogens is 258 g/mol. The first-order valence-electron chi connectivity index (χ1n) is 6.00. The number of carbonyl (C=O) groups is 3. The molecule has 1 aromatic heterocycles. The summed E-state index contributed by atoms with van der Waals surface area (Å²) in [7, 11) is 0. The van der Waals surface area contributed by atoms with Crippen LogP contribution in [0.15, 0.2) is 36.4 Å². The van der Waals surface area contributed by atoms with Crippen LogP contribution in [0.1, 0.15) is 16.9 Å². The molecule has 2 amide bonds. The smallest absolute Gasteiger partial charge is 0.270 e. The zero-order valence-electron chi connectivity index (χ0n) is 10.6. The molecule has 0 aliphatic carbocycles. The summed E-state index contributed by atoms with van der Waals surface area (Å²) in [5, 5.41) is 3.32. The first kappa shape index (κ1) is 13.7. The average molecular weight is 271 g/mol. The summed E-state index contributed by atoms with van der Waals surface area (Å²) in [4.78, 5) is 37.7. The molecule has 0 bridgehead atoms. The van der Waals surface area contributed by atoms with Gasteiger partial charge in [0.15, 0.2) is 0 Å². The van der Waals surface area contributed by atoms with E-state index in [-0.39, 0.29) is 12.1 Å². The fourth-order valence-electron chi connectivity index (χ4n) is 1.78. The van der Waals surface area contributed by atoms with Crippen LogP contribution in [0.25, 0.3) is 10.9 Å². The van der Waals surface area contributed by atoms with Gasteiger partial charge < -0.3 is 15.8 Å². The number of rotatable bonds is 5. The third-order valence-electron chi connectivity index (χ3n) is 2.73. The lowest BCUT2D eigenvalue weighted by Gasteiger charge is -2.10. The first-order valence-corrected chi connectivity index (χ1v) is 6.00. The number of amides is 2. The van der Waals surface area contributed by atoms with Crippen LogP contribution in [-0.2, 0) is 9.59 Å². The van der Waals surface area contributed by atoms with Gasteiger partial charge in [-0.3, -0.25) is 9.59 Å². The highest BCUT2D eigenvalue weighted by molar-refractivity contribution is 5.96. The number of hydrogen-bond donors (Lipinski definition) is 2. The van der Waals surface area contributed by atoms with Gasteiger partial charge in [-0.15, -0.1) is 0 Å². The Labute approximate surface area is 115 Å². The zero-order chi connectivity index (χ0) is 14.5. The second kappa shape index (κ2) is 5.92. The minimum atomic E-state index is -0.937. The van der Waals surface area contributed by atoms with Crippen molar-refractivity contribution in [2.45, 2.75) is 12.5 Å². The molecule has 0 spiro atoms. The Balaban J connectivity index is 2.18. The van der Waals surface area contributed by atoms with Gasteiger partial charge in [0, 0.05) is 5.39 Å². The van der Waals surface area contributed by atoms with Crippen molar-refractivity contribution in [2.75, 3.05) is 0 Å². The summed E-state index contributed by atoms with van der Waals surface area (Å²) in [5.74, 6) is -1.18. The highest BCUT2D eigenvalue weighted by Crippen LogP contribution is 2.11. The van der Waals surface area contributed by atoms with Crippen LogP contribution >= 0.6 is 0 Å². The molecule has 6 nitrogen and oxygen atoms in total. The van der Waals surface area contributed by atoms with E-state index in [0.717, 1.165) is 5.39 Å². The molecule has 0 fully saturated rings. The van der Waals surface area contributed by atoms with Crippen molar-refractivity contribution in [1.82, 2.24) is 10.3 Å².